The van der Waals surface area contributed by atoms with E-state index >= 15 is 0 Å². The van der Waals surface area contributed by atoms with Crippen LogP contribution in [-0.4, -0.2) is 7.11 Å². The fourth-order valence-corrected chi connectivity index (χ4v) is 0.575. The molecule has 0 fully saturated rings. The van der Waals surface area contributed by atoms with Crippen LogP contribution in [-0.2, 0) is 4.74 Å². The molecule has 0 aromatic heterocycles. The molecule has 1 nitrogen and oxygen atoms in total. The van der Waals surface area contributed by atoms with Crippen LogP contribution < -0.4 is 0 Å². The number of hydrogen-bond donors (Lipinski definition) is 0. The van der Waals surface area contributed by atoms with Crippen LogP contribution in [0, 0.1) is 0 Å². The van der Waals surface area contributed by atoms with E-state index in [0.29, 0.717) is 0 Å². The second-order valence-electron chi connectivity index (χ2n) is 2.10. The van der Waals surface area contributed by atoms with Gasteiger partial charge in [0.25, 0.3) is 0 Å². The molecule has 0 spiro atoms. The highest BCUT2D eigenvalue weighted by atomic mass is 16.5. The maximum absolute atomic E-state index is 5.03. The van der Waals surface area contributed by atoms with E-state index in [4.69, 9.17) is 4.74 Å². The van der Waals surface area contributed by atoms with E-state index in [9.17, 15) is 0 Å². The van der Waals surface area contributed by atoms with Gasteiger partial charge in [-0.1, -0.05) is 25.3 Å². The number of hydrogen-bond acceptors (Lipinski definition) is 1. The molecule has 0 radical (unpaired) electrons. The fraction of sp³-hybridized carbons (Fsp3) is 0.200. The Bertz CT molecular complexity index is 197. The molecule has 0 amide bonds. The van der Waals surface area contributed by atoms with E-state index in [1.807, 2.05) is 13.0 Å². The summed E-state index contributed by atoms with van der Waals surface area (Å²) in [5.74, 6) is 0.789. The average molecular weight is 150 g/mol. The van der Waals surface area contributed by atoms with Crippen molar-refractivity contribution in [3.8, 4) is 0 Å². The Morgan fingerprint density at radius 1 is 1.36 bits per heavy atom. The molecular formula is C10H14O. The summed E-state index contributed by atoms with van der Waals surface area (Å²) in [6.07, 6.45) is 7.16. The summed E-state index contributed by atoms with van der Waals surface area (Å²) in [5.41, 5.74) is 1.07. The van der Waals surface area contributed by atoms with Crippen LogP contribution in [0.4, 0.5) is 0 Å². The van der Waals surface area contributed by atoms with Crippen LogP contribution in [0.3, 0.4) is 0 Å². The zero-order valence-corrected chi connectivity index (χ0v) is 7.13. The van der Waals surface area contributed by atoms with Crippen molar-refractivity contribution < 1.29 is 4.74 Å². The number of rotatable bonds is 4. The molecule has 60 valence electrons. The Morgan fingerprint density at radius 3 is 2.36 bits per heavy atom. The van der Waals surface area contributed by atoms with Crippen molar-refractivity contribution in [2.75, 3.05) is 7.11 Å². The topological polar surface area (TPSA) is 9.23 Å². The van der Waals surface area contributed by atoms with Gasteiger partial charge >= 0.3 is 0 Å². The highest BCUT2D eigenvalue weighted by Gasteiger charge is 1.87. The second-order valence-corrected chi connectivity index (χ2v) is 2.10. The zero-order chi connectivity index (χ0) is 8.69. The number of allylic oxidation sites excluding steroid dienone is 5. The molecule has 0 aromatic rings. The van der Waals surface area contributed by atoms with Crippen molar-refractivity contribution in [3.63, 3.8) is 0 Å². The van der Waals surface area contributed by atoms with E-state index in [-0.39, 0.29) is 0 Å². The van der Waals surface area contributed by atoms with Crippen LogP contribution in [0.15, 0.2) is 48.8 Å². The first-order chi connectivity index (χ1) is 5.24. The lowest BCUT2D eigenvalue weighted by Crippen LogP contribution is -1.81. The van der Waals surface area contributed by atoms with Crippen LogP contribution in [0.2, 0.25) is 0 Å². The minimum absolute atomic E-state index is 0.789. The van der Waals surface area contributed by atoms with Gasteiger partial charge in [-0.05, 0) is 24.6 Å². The molecule has 0 rings (SSSR count). The fourth-order valence-electron chi connectivity index (χ4n) is 0.575. The van der Waals surface area contributed by atoms with Gasteiger partial charge in [0.05, 0.1) is 7.11 Å². The van der Waals surface area contributed by atoms with Gasteiger partial charge in [-0.25, -0.2) is 0 Å². The van der Waals surface area contributed by atoms with Gasteiger partial charge in [0, 0.05) is 0 Å². The Hall–Kier alpha value is -1.24. The third kappa shape index (κ3) is 4.20. The molecule has 0 aromatic carbocycles. The summed E-state index contributed by atoms with van der Waals surface area (Å²) in [6.45, 7) is 9.16. The van der Waals surface area contributed by atoms with Gasteiger partial charge in [-0.15, -0.1) is 0 Å². The van der Waals surface area contributed by atoms with E-state index in [1.54, 1.807) is 25.3 Å². The molecule has 0 atom stereocenters. The minimum atomic E-state index is 0.789. The van der Waals surface area contributed by atoms with Crippen LogP contribution >= 0.6 is 0 Å². The van der Waals surface area contributed by atoms with Crippen molar-refractivity contribution in [2.45, 2.75) is 6.92 Å². The highest BCUT2D eigenvalue weighted by molar-refractivity contribution is 5.26. The third-order valence-electron chi connectivity index (χ3n) is 1.21. The average Bonchev–Trinajstić information content (AvgIpc) is 2.03. The molecule has 0 aliphatic rings. The lowest BCUT2D eigenvalue weighted by Gasteiger charge is -1.98. The van der Waals surface area contributed by atoms with Crippen molar-refractivity contribution in [1.82, 2.24) is 0 Å². The van der Waals surface area contributed by atoms with Gasteiger partial charge in [0.1, 0.15) is 5.76 Å². The maximum Gasteiger partial charge on any atom is 0.119 e. The van der Waals surface area contributed by atoms with Gasteiger partial charge < -0.3 is 4.74 Å². The monoisotopic (exact) mass is 150 g/mol. The Morgan fingerprint density at radius 2 is 2.00 bits per heavy atom. The summed E-state index contributed by atoms with van der Waals surface area (Å²) in [4.78, 5) is 0. The molecule has 0 heterocycles. The van der Waals surface area contributed by atoms with Crippen molar-refractivity contribution in [2.24, 2.45) is 0 Å². The molecular weight excluding hydrogens is 136 g/mol. The molecule has 11 heavy (non-hydrogen) atoms. The second kappa shape index (κ2) is 5.54. The Labute approximate surface area is 68.4 Å². The minimum Gasteiger partial charge on any atom is -0.497 e. The summed E-state index contributed by atoms with van der Waals surface area (Å²) >= 11 is 0. The summed E-state index contributed by atoms with van der Waals surface area (Å²) in [6, 6.07) is 0. The summed E-state index contributed by atoms with van der Waals surface area (Å²) < 4.78 is 5.03. The lowest BCUT2D eigenvalue weighted by molar-refractivity contribution is 0.306. The first kappa shape index (κ1) is 9.76. The largest absolute Gasteiger partial charge is 0.497 e. The maximum atomic E-state index is 5.03. The van der Waals surface area contributed by atoms with Crippen LogP contribution in [0.1, 0.15) is 6.92 Å². The van der Waals surface area contributed by atoms with Gasteiger partial charge in [-0.2, -0.15) is 0 Å². The molecule has 0 saturated heterocycles. The lowest BCUT2D eigenvalue weighted by atomic mass is 10.2. The standard InChI is InChI=1S/C10H14O/c1-5-7-10(11-4)8-9(3)6-2/h5-8H,1-2H2,3-4H3/b9-8-,10-7+. The zero-order valence-electron chi connectivity index (χ0n) is 7.13. The van der Waals surface area contributed by atoms with E-state index < -0.39 is 0 Å². The normalized spacial score (nSPS) is 12.5. The first-order valence-corrected chi connectivity index (χ1v) is 3.42. The van der Waals surface area contributed by atoms with Crippen molar-refractivity contribution in [1.29, 1.82) is 0 Å². The Balaban J connectivity index is 4.40. The summed E-state index contributed by atoms with van der Waals surface area (Å²) in [7, 11) is 1.63. The molecule has 0 aliphatic carbocycles. The number of methoxy groups -OCH3 is 1. The van der Waals surface area contributed by atoms with Crippen molar-refractivity contribution >= 4 is 0 Å². The van der Waals surface area contributed by atoms with Gasteiger partial charge in [0.15, 0.2) is 0 Å². The quantitative estimate of drug-likeness (QED) is 0.442. The Kier molecular flexibility index (Phi) is 4.91. The molecule has 0 N–H and O–H groups in total. The predicted octanol–water partition coefficient (Wildman–Crippen LogP) is 2.84. The molecule has 1 heteroatoms. The van der Waals surface area contributed by atoms with Crippen LogP contribution in [0.25, 0.3) is 0 Å². The SMILES string of the molecule is C=C/C=C(\C=C(\C)C=C)OC. The third-order valence-corrected chi connectivity index (χ3v) is 1.21. The van der Waals surface area contributed by atoms with Gasteiger partial charge in [0.2, 0.25) is 0 Å². The van der Waals surface area contributed by atoms with Gasteiger partial charge in [-0.3, -0.25) is 0 Å². The van der Waals surface area contributed by atoms with E-state index in [1.165, 1.54) is 0 Å². The molecule has 0 unspecified atom stereocenters. The summed E-state index contributed by atoms with van der Waals surface area (Å²) in [5, 5.41) is 0. The van der Waals surface area contributed by atoms with E-state index in [2.05, 4.69) is 13.2 Å². The van der Waals surface area contributed by atoms with E-state index in [0.717, 1.165) is 11.3 Å². The molecule has 0 aliphatic heterocycles. The highest BCUT2D eigenvalue weighted by Crippen LogP contribution is 2.03. The van der Waals surface area contributed by atoms with Crippen LogP contribution in [0.5, 0.6) is 0 Å². The molecule has 0 bridgehead atoms. The number of ether oxygens (including phenoxy) is 1. The predicted molar refractivity (Wildman–Crippen MR) is 49.2 cm³/mol. The molecule has 0 saturated carbocycles. The smallest absolute Gasteiger partial charge is 0.119 e. The van der Waals surface area contributed by atoms with Crippen molar-refractivity contribution in [3.05, 3.63) is 48.8 Å². The first-order valence-electron chi connectivity index (χ1n) is 3.42.